The maximum atomic E-state index is 12.4. The normalized spacial score (nSPS) is 16.3. The Bertz CT molecular complexity index is 706. The number of piperidine rings is 1. The summed E-state index contributed by atoms with van der Waals surface area (Å²) in [4.78, 5) is 19.7. The van der Waals surface area contributed by atoms with Gasteiger partial charge >= 0.3 is 0 Å². The number of rotatable bonds is 4. The van der Waals surface area contributed by atoms with Crippen LogP contribution in [0.3, 0.4) is 0 Å². The molecule has 112 valence electrons. The zero-order valence-corrected chi connectivity index (χ0v) is 12.8. The monoisotopic (exact) mass is 303 g/mol. The lowest BCUT2D eigenvalue weighted by Gasteiger charge is -2.29. The number of hydrogen-bond acceptors (Lipinski definition) is 4. The molecule has 0 saturated carbocycles. The first-order valence-corrected chi connectivity index (χ1v) is 7.61. The van der Waals surface area contributed by atoms with Gasteiger partial charge in [0.15, 0.2) is 0 Å². The number of carbonyl (C=O) groups excluding carboxylic acids is 1. The number of nitrogens with zero attached hydrogens (tertiary/aromatic N) is 2. The number of pyridine rings is 1. The van der Waals surface area contributed by atoms with Gasteiger partial charge in [0.2, 0.25) is 0 Å². The Morgan fingerprint density at radius 1 is 1.26 bits per heavy atom. The van der Waals surface area contributed by atoms with Gasteiger partial charge in [0, 0.05) is 30.9 Å². The molecule has 1 aliphatic rings. The minimum absolute atomic E-state index is 0.341. The Hall–Kier alpha value is -1.89. The van der Waals surface area contributed by atoms with Gasteiger partial charge in [-0.1, -0.05) is 11.7 Å². The van der Waals surface area contributed by atoms with Gasteiger partial charge < -0.3 is 15.7 Å². The largest absolute Gasteiger partial charge is 0.372 e. The zero-order chi connectivity index (χ0) is 16.4. The van der Waals surface area contributed by atoms with Crippen molar-refractivity contribution in [3.8, 4) is 0 Å². The van der Waals surface area contributed by atoms with Crippen LogP contribution < -0.4 is 10.7 Å². The molecule has 2 aromatic rings. The number of H-pyrrole nitrogens is 1. The van der Waals surface area contributed by atoms with E-state index in [4.69, 9.17) is 23.5 Å². The van der Waals surface area contributed by atoms with Gasteiger partial charge in [-0.3, -0.25) is 4.79 Å². The van der Waals surface area contributed by atoms with E-state index in [1.165, 1.54) is 12.6 Å². The highest BCUT2D eigenvalue weighted by atomic mass is 16.1. The lowest BCUT2D eigenvalue weighted by atomic mass is 9.49. The Morgan fingerprint density at radius 2 is 2.00 bits per heavy atom. The molecule has 9 heteroatoms. The van der Waals surface area contributed by atoms with Crippen LogP contribution in [0.4, 0.5) is 5.69 Å². The molecule has 0 spiro atoms. The van der Waals surface area contributed by atoms with E-state index in [0.717, 1.165) is 31.3 Å². The second-order valence-corrected chi connectivity index (χ2v) is 5.83. The molecule has 6 radical (unpaired) electrons. The third-order valence-corrected chi connectivity index (χ3v) is 3.79. The molecule has 0 aliphatic carbocycles. The number of amides is 1. The van der Waals surface area contributed by atoms with Gasteiger partial charge in [-0.25, -0.2) is 9.99 Å². The smallest absolute Gasteiger partial charge is 0.253 e. The molecular weight excluding hydrogens is 287 g/mol. The lowest BCUT2D eigenvalue weighted by molar-refractivity contribution is 0.0952. The highest BCUT2D eigenvalue weighted by molar-refractivity contribution is 6.60. The van der Waals surface area contributed by atoms with E-state index < -0.39 is 11.1 Å². The minimum Gasteiger partial charge on any atom is -0.372 e. The van der Waals surface area contributed by atoms with Gasteiger partial charge in [-0.05, 0) is 18.9 Å². The molecule has 1 aliphatic heterocycles. The van der Waals surface area contributed by atoms with Crippen molar-refractivity contribution in [3.63, 3.8) is 0 Å². The maximum absolute atomic E-state index is 12.4. The van der Waals surface area contributed by atoms with Crippen LogP contribution in [0.25, 0.3) is 11.0 Å². The van der Waals surface area contributed by atoms with Gasteiger partial charge in [0.05, 0.1) is 34.8 Å². The topological polar surface area (TPSA) is 73.0 Å². The molecule has 3 heterocycles. The molecule has 23 heavy (non-hydrogen) atoms. The van der Waals surface area contributed by atoms with Crippen molar-refractivity contribution < 1.29 is 4.79 Å². The summed E-state index contributed by atoms with van der Waals surface area (Å²) in [6.45, 7) is 1.84. The van der Waals surface area contributed by atoms with Crippen molar-refractivity contribution in [2.24, 2.45) is 0 Å². The van der Waals surface area contributed by atoms with Crippen LogP contribution in [-0.2, 0) is 0 Å². The van der Waals surface area contributed by atoms with Crippen LogP contribution in [0, 0.1) is 0 Å². The molecule has 0 bridgehead atoms. The number of aromatic amines is 1. The molecule has 3 N–H and O–H groups in total. The standard InChI is InChI=1S/C14H16B3N5O/c15-14(16,17)20-13(23)10-8-19-12-9(4-5-18-12)11(10)21-22-6-2-1-3-7-22/h4-5,8H,1-3,6-7H2,(H,20,23)(H2,18,19,21). The van der Waals surface area contributed by atoms with E-state index in [9.17, 15) is 4.79 Å². The number of hydrogen-bond donors (Lipinski definition) is 3. The van der Waals surface area contributed by atoms with Crippen molar-refractivity contribution in [2.45, 2.75) is 24.5 Å². The molecular formula is C14H16B3N5O. The second-order valence-electron chi connectivity index (χ2n) is 5.83. The van der Waals surface area contributed by atoms with Crippen molar-refractivity contribution in [3.05, 3.63) is 24.0 Å². The average Bonchev–Trinajstić information content (AvgIpc) is 2.95. The van der Waals surface area contributed by atoms with Crippen molar-refractivity contribution in [1.82, 2.24) is 20.3 Å². The van der Waals surface area contributed by atoms with Gasteiger partial charge in [-0.15, -0.1) is 0 Å². The molecule has 2 aromatic heterocycles. The highest BCUT2D eigenvalue weighted by Crippen LogP contribution is 2.27. The fraction of sp³-hybridized carbons (Fsp3) is 0.429. The zero-order valence-electron chi connectivity index (χ0n) is 12.8. The first kappa shape index (κ1) is 16.0. The summed E-state index contributed by atoms with van der Waals surface area (Å²) in [7, 11) is 16.4. The lowest BCUT2D eigenvalue weighted by Crippen LogP contribution is -2.50. The highest BCUT2D eigenvalue weighted by Gasteiger charge is 2.21. The Balaban J connectivity index is 1.95. The number of carbonyl (C=O) groups is 1. The number of fused-ring (bicyclic) bond motifs is 1. The summed E-state index contributed by atoms with van der Waals surface area (Å²) in [5.74, 6) is -0.479. The SMILES string of the molecule is [B]C([B])([B])NC(=O)c1cnc2[nH]ccc2c1NN1CCCCC1. The van der Waals surface area contributed by atoms with Crippen LogP contribution in [-0.4, -0.2) is 62.7 Å². The Morgan fingerprint density at radius 3 is 2.70 bits per heavy atom. The number of nitrogens with one attached hydrogen (secondary N) is 3. The summed E-state index contributed by atoms with van der Waals surface area (Å²) >= 11 is 0. The maximum Gasteiger partial charge on any atom is 0.253 e. The molecule has 0 aromatic carbocycles. The predicted octanol–water partition coefficient (Wildman–Crippen LogP) is 0.222. The van der Waals surface area contributed by atoms with Crippen LogP contribution in [0.1, 0.15) is 29.6 Å². The minimum atomic E-state index is -1.79. The van der Waals surface area contributed by atoms with E-state index in [-0.39, 0.29) is 0 Å². The number of anilines is 1. The van der Waals surface area contributed by atoms with Gasteiger partial charge in [-0.2, -0.15) is 0 Å². The molecule has 0 unspecified atom stereocenters. The first-order chi connectivity index (χ1) is 10.9. The Kier molecular flexibility index (Phi) is 4.39. The fourth-order valence-electron chi connectivity index (χ4n) is 2.73. The van der Waals surface area contributed by atoms with Crippen LogP contribution in [0.2, 0.25) is 0 Å². The van der Waals surface area contributed by atoms with E-state index in [1.54, 1.807) is 6.20 Å². The van der Waals surface area contributed by atoms with E-state index in [0.29, 0.717) is 16.9 Å². The molecule has 0 atom stereocenters. The molecule has 6 nitrogen and oxygen atoms in total. The fourth-order valence-corrected chi connectivity index (χ4v) is 2.73. The van der Waals surface area contributed by atoms with E-state index in [1.807, 2.05) is 6.07 Å². The third-order valence-electron chi connectivity index (χ3n) is 3.79. The third kappa shape index (κ3) is 3.72. The summed E-state index contributed by atoms with van der Waals surface area (Å²) in [6, 6.07) is 1.87. The molecule has 3 rings (SSSR count). The van der Waals surface area contributed by atoms with Crippen LogP contribution in [0.5, 0.6) is 0 Å². The van der Waals surface area contributed by atoms with Crippen molar-refractivity contribution in [1.29, 1.82) is 0 Å². The van der Waals surface area contributed by atoms with Crippen molar-refractivity contribution in [2.75, 3.05) is 18.5 Å². The first-order valence-electron chi connectivity index (χ1n) is 7.61. The number of hydrazine groups is 1. The van der Waals surface area contributed by atoms with E-state index in [2.05, 4.69) is 25.7 Å². The molecule has 1 saturated heterocycles. The van der Waals surface area contributed by atoms with Crippen LogP contribution >= 0.6 is 0 Å². The summed E-state index contributed by atoms with van der Waals surface area (Å²) in [6.07, 6.45) is 6.71. The Labute approximate surface area is 139 Å². The van der Waals surface area contributed by atoms with Crippen molar-refractivity contribution >= 4 is 46.2 Å². The predicted molar refractivity (Wildman–Crippen MR) is 92.6 cm³/mol. The summed E-state index contributed by atoms with van der Waals surface area (Å²) < 4.78 is 0. The summed E-state index contributed by atoms with van der Waals surface area (Å²) in [5, 5.41) is 3.49. The number of aromatic nitrogens is 2. The van der Waals surface area contributed by atoms with Gasteiger partial charge in [0.25, 0.3) is 5.91 Å². The van der Waals surface area contributed by atoms with Gasteiger partial charge in [0.1, 0.15) is 5.65 Å². The molecule has 1 fully saturated rings. The molecule has 1 amide bonds. The quantitative estimate of drug-likeness (QED) is 0.707. The average molecular weight is 303 g/mol. The second kappa shape index (κ2) is 6.31. The van der Waals surface area contributed by atoms with E-state index >= 15 is 0 Å². The summed E-state index contributed by atoms with van der Waals surface area (Å²) in [5.41, 5.74) is 5.04. The van der Waals surface area contributed by atoms with Crippen LogP contribution in [0.15, 0.2) is 18.5 Å².